The molecule has 1 unspecified atom stereocenters. The number of aromatic nitrogens is 2. The molecule has 0 saturated carbocycles. The van der Waals surface area contributed by atoms with Gasteiger partial charge in [-0.15, -0.1) is 0 Å². The lowest BCUT2D eigenvalue weighted by molar-refractivity contribution is 0.355. The Morgan fingerprint density at radius 1 is 1.11 bits per heavy atom. The smallest absolute Gasteiger partial charge is 0.258 e. The van der Waals surface area contributed by atoms with Crippen molar-refractivity contribution in [3.05, 3.63) is 58.5 Å². The van der Waals surface area contributed by atoms with E-state index in [1.54, 1.807) is 24.7 Å². The minimum absolute atomic E-state index is 0.0876. The van der Waals surface area contributed by atoms with Crippen molar-refractivity contribution in [1.82, 2.24) is 14.7 Å². The fraction of sp³-hybridized carbons (Fsp3) is 0.333. The Bertz CT molecular complexity index is 1020. The van der Waals surface area contributed by atoms with Gasteiger partial charge < -0.3 is 14.8 Å². The number of methoxy groups -OCH3 is 2. The molecule has 1 aromatic carbocycles. The van der Waals surface area contributed by atoms with Crippen LogP contribution in [0.25, 0.3) is 16.9 Å². The average Bonchev–Trinajstić information content (AvgIpc) is 2.73. The van der Waals surface area contributed by atoms with Crippen LogP contribution in [-0.4, -0.2) is 36.7 Å². The molecule has 1 N–H and O–H groups in total. The van der Waals surface area contributed by atoms with Crippen LogP contribution in [-0.2, 0) is 0 Å². The van der Waals surface area contributed by atoms with Gasteiger partial charge in [0.05, 0.1) is 19.9 Å². The first-order valence-electron chi connectivity index (χ1n) is 9.16. The first-order valence-corrected chi connectivity index (χ1v) is 9.16. The highest BCUT2D eigenvalue weighted by molar-refractivity contribution is 5.65. The molecule has 1 fully saturated rings. The normalized spacial score (nSPS) is 17.0. The molecule has 1 atom stereocenters. The van der Waals surface area contributed by atoms with Gasteiger partial charge in [0.1, 0.15) is 5.65 Å². The van der Waals surface area contributed by atoms with Crippen LogP contribution in [0.15, 0.2) is 47.4 Å². The highest BCUT2D eigenvalue weighted by Crippen LogP contribution is 2.31. The van der Waals surface area contributed by atoms with E-state index >= 15 is 0 Å². The highest BCUT2D eigenvalue weighted by Gasteiger charge is 2.16. The summed E-state index contributed by atoms with van der Waals surface area (Å²) in [4.78, 5) is 17.4. The summed E-state index contributed by atoms with van der Waals surface area (Å²) < 4.78 is 12.3. The number of pyridine rings is 1. The summed E-state index contributed by atoms with van der Waals surface area (Å²) in [6.07, 6.45) is 4.24. The minimum atomic E-state index is -0.0876. The number of nitrogens with one attached hydrogen (secondary N) is 1. The molecular formula is C21H23N3O3. The van der Waals surface area contributed by atoms with Crippen LogP contribution in [0.1, 0.15) is 24.3 Å². The Balaban J connectivity index is 1.75. The Labute approximate surface area is 157 Å². The largest absolute Gasteiger partial charge is 0.493 e. The zero-order valence-electron chi connectivity index (χ0n) is 15.6. The number of hydrogen-bond acceptors (Lipinski definition) is 5. The maximum absolute atomic E-state index is 12.7. The van der Waals surface area contributed by atoms with E-state index < -0.39 is 0 Å². The molecule has 0 bridgehead atoms. The fourth-order valence-electron chi connectivity index (χ4n) is 3.64. The molecule has 2 aromatic heterocycles. The van der Waals surface area contributed by atoms with Gasteiger partial charge in [0, 0.05) is 24.4 Å². The molecule has 0 radical (unpaired) electrons. The van der Waals surface area contributed by atoms with Gasteiger partial charge >= 0.3 is 0 Å². The number of benzene rings is 1. The van der Waals surface area contributed by atoms with Crippen molar-refractivity contribution < 1.29 is 9.47 Å². The summed E-state index contributed by atoms with van der Waals surface area (Å²) in [5.41, 5.74) is 3.16. The highest BCUT2D eigenvalue weighted by atomic mass is 16.5. The summed E-state index contributed by atoms with van der Waals surface area (Å²) in [6, 6.07) is 11.1. The molecule has 6 heteroatoms. The van der Waals surface area contributed by atoms with E-state index in [0.29, 0.717) is 28.8 Å². The van der Waals surface area contributed by atoms with E-state index in [1.807, 2.05) is 30.5 Å². The number of hydrogen-bond donors (Lipinski definition) is 1. The Kier molecular flexibility index (Phi) is 4.81. The third-order valence-corrected chi connectivity index (χ3v) is 5.13. The van der Waals surface area contributed by atoms with E-state index in [1.165, 1.54) is 5.56 Å². The van der Waals surface area contributed by atoms with Crippen molar-refractivity contribution >= 4 is 5.65 Å². The maximum Gasteiger partial charge on any atom is 0.258 e. The van der Waals surface area contributed by atoms with Crippen LogP contribution < -0.4 is 20.3 Å². The number of piperidine rings is 1. The van der Waals surface area contributed by atoms with Crippen LogP contribution >= 0.6 is 0 Å². The van der Waals surface area contributed by atoms with Crippen molar-refractivity contribution in [2.75, 3.05) is 27.3 Å². The number of rotatable bonds is 4. The average molecular weight is 365 g/mol. The summed E-state index contributed by atoms with van der Waals surface area (Å²) in [7, 11) is 3.18. The van der Waals surface area contributed by atoms with Gasteiger partial charge in [-0.3, -0.25) is 9.20 Å². The Hall–Kier alpha value is -2.86. The van der Waals surface area contributed by atoms with Gasteiger partial charge in [-0.2, -0.15) is 0 Å². The van der Waals surface area contributed by atoms with Gasteiger partial charge in [-0.25, -0.2) is 4.98 Å². The first kappa shape index (κ1) is 17.5. The zero-order valence-corrected chi connectivity index (χ0v) is 15.6. The second-order valence-electron chi connectivity index (χ2n) is 6.78. The van der Waals surface area contributed by atoms with E-state index in [0.717, 1.165) is 31.5 Å². The number of ether oxygens (including phenoxy) is 2. The summed E-state index contributed by atoms with van der Waals surface area (Å²) in [5.74, 6) is 1.70. The molecule has 1 saturated heterocycles. The van der Waals surface area contributed by atoms with Crippen molar-refractivity contribution in [2.45, 2.75) is 18.8 Å². The van der Waals surface area contributed by atoms with E-state index in [9.17, 15) is 4.79 Å². The molecule has 3 aromatic rings. The zero-order chi connectivity index (χ0) is 18.8. The molecular weight excluding hydrogens is 342 g/mol. The van der Waals surface area contributed by atoms with E-state index in [2.05, 4.69) is 16.4 Å². The molecule has 1 aliphatic heterocycles. The summed E-state index contributed by atoms with van der Waals surface area (Å²) in [6.45, 7) is 2.03. The maximum atomic E-state index is 12.7. The number of nitrogens with zero attached hydrogens (tertiary/aromatic N) is 2. The lowest BCUT2D eigenvalue weighted by atomic mass is 9.93. The molecule has 4 rings (SSSR count). The summed E-state index contributed by atoms with van der Waals surface area (Å²) in [5, 5.41) is 3.42. The molecule has 3 heterocycles. The Morgan fingerprint density at radius 3 is 2.70 bits per heavy atom. The molecule has 6 nitrogen and oxygen atoms in total. The van der Waals surface area contributed by atoms with Crippen molar-refractivity contribution in [3.63, 3.8) is 0 Å². The van der Waals surface area contributed by atoms with Gasteiger partial charge in [0.25, 0.3) is 5.56 Å². The second-order valence-corrected chi connectivity index (χ2v) is 6.78. The minimum Gasteiger partial charge on any atom is -0.493 e. The van der Waals surface area contributed by atoms with Gasteiger partial charge in [0.2, 0.25) is 0 Å². The quantitative estimate of drug-likeness (QED) is 0.770. The SMILES string of the molecule is COc1ccc(-c2cc(=O)n3cc(C4CCCNC4)ccc3n2)cc1OC. The van der Waals surface area contributed by atoms with Crippen LogP contribution in [0.4, 0.5) is 0 Å². The van der Waals surface area contributed by atoms with Crippen LogP contribution in [0.5, 0.6) is 11.5 Å². The lowest BCUT2D eigenvalue weighted by Crippen LogP contribution is -2.28. The third kappa shape index (κ3) is 3.40. The topological polar surface area (TPSA) is 64.9 Å². The standard InChI is InChI=1S/C21H23N3O3/c1-26-18-7-5-14(10-19(18)27-2)17-11-21(25)24-13-16(6-8-20(24)23-17)15-4-3-9-22-12-15/h5-8,10-11,13,15,22H,3-4,9,12H2,1-2H3. The second kappa shape index (κ2) is 7.40. The predicted molar refractivity (Wildman–Crippen MR) is 105 cm³/mol. The predicted octanol–water partition coefficient (Wildman–Crippen LogP) is 2.85. The van der Waals surface area contributed by atoms with E-state index in [-0.39, 0.29) is 5.56 Å². The lowest BCUT2D eigenvalue weighted by Gasteiger charge is -2.23. The fourth-order valence-corrected chi connectivity index (χ4v) is 3.64. The third-order valence-electron chi connectivity index (χ3n) is 5.13. The van der Waals surface area contributed by atoms with Crippen molar-refractivity contribution in [1.29, 1.82) is 0 Å². The monoisotopic (exact) mass is 365 g/mol. The van der Waals surface area contributed by atoms with Crippen LogP contribution in [0.2, 0.25) is 0 Å². The molecule has 1 aliphatic rings. The molecule has 0 spiro atoms. The van der Waals surface area contributed by atoms with Gasteiger partial charge in [-0.05, 0) is 55.1 Å². The van der Waals surface area contributed by atoms with Gasteiger partial charge in [0.15, 0.2) is 11.5 Å². The van der Waals surface area contributed by atoms with Crippen molar-refractivity contribution in [2.24, 2.45) is 0 Å². The first-order chi connectivity index (χ1) is 13.2. The van der Waals surface area contributed by atoms with Crippen LogP contribution in [0, 0.1) is 0 Å². The molecule has 140 valence electrons. The molecule has 0 aliphatic carbocycles. The number of fused-ring (bicyclic) bond motifs is 1. The van der Waals surface area contributed by atoms with Crippen molar-refractivity contribution in [3.8, 4) is 22.8 Å². The Morgan fingerprint density at radius 2 is 1.96 bits per heavy atom. The van der Waals surface area contributed by atoms with E-state index in [4.69, 9.17) is 9.47 Å². The van der Waals surface area contributed by atoms with Crippen LogP contribution in [0.3, 0.4) is 0 Å². The molecule has 27 heavy (non-hydrogen) atoms. The molecule has 0 amide bonds. The van der Waals surface area contributed by atoms with Gasteiger partial charge in [-0.1, -0.05) is 6.07 Å². The summed E-state index contributed by atoms with van der Waals surface area (Å²) >= 11 is 0.